The van der Waals surface area contributed by atoms with E-state index < -0.39 is 0 Å². The number of rotatable bonds is 5. The van der Waals surface area contributed by atoms with E-state index in [-0.39, 0.29) is 18.3 Å². The molecule has 24 heavy (non-hydrogen) atoms. The number of benzene rings is 2. The van der Waals surface area contributed by atoms with Crippen molar-refractivity contribution in [1.29, 1.82) is 0 Å². The molecule has 2 unspecified atom stereocenters. The molecular formula is C20H27ClN2O. The van der Waals surface area contributed by atoms with Crippen LogP contribution in [0.15, 0.2) is 42.5 Å². The van der Waals surface area contributed by atoms with E-state index in [9.17, 15) is 4.79 Å². The van der Waals surface area contributed by atoms with Gasteiger partial charge in [-0.1, -0.05) is 43.3 Å². The lowest BCUT2D eigenvalue weighted by atomic mass is 9.85. The number of halogens is 1. The van der Waals surface area contributed by atoms with Crippen LogP contribution in [-0.2, 0) is 11.3 Å². The van der Waals surface area contributed by atoms with Crippen LogP contribution in [0, 0.1) is 11.8 Å². The third-order valence-electron chi connectivity index (χ3n) is 4.95. The van der Waals surface area contributed by atoms with Crippen molar-refractivity contribution in [2.24, 2.45) is 11.8 Å². The van der Waals surface area contributed by atoms with Crippen LogP contribution in [0.25, 0.3) is 10.8 Å². The first-order valence-electron chi connectivity index (χ1n) is 8.67. The van der Waals surface area contributed by atoms with E-state index in [1.165, 1.54) is 23.6 Å². The molecule has 1 fully saturated rings. The third-order valence-corrected chi connectivity index (χ3v) is 4.95. The Balaban J connectivity index is 0.00000208. The zero-order valence-electron chi connectivity index (χ0n) is 14.3. The highest BCUT2D eigenvalue weighted by Gasteiger charge is 2.21. The molecule has 1 heterocycles. The van der Waals surface area contributed by atoms with Gasteiger partial charge in [-0.15, -0.1) is 12.4 Å². The smallest absolute Gasteiger partial charge is 0.220 e. The van der Waals surface area contributed by atoms with Gasteiger partial charge in [0.05, 0.1) is 0 Å². The van der Waals surface area contributed by atoms with Gasteiger partial charge in [-0.2, -0.15) is 0 Å². The predicted octanol–water partition coefficient (Wildman–Crippen LogP) is 3.90. The van der Waals surface area contributed by atoms with Gasteiger partial charge < -0.3 is 10.6 Å². The molecule has 0 aromatic heterocycles. The number of hydrogen-bond acceptors (Lipinski definition) is 2. The summed E-state index contributed by atoms with van der Waals surface area (Å²) in [5, 5.41) is 8.97. The Bertz CT molecular complexity index is 667. The summed E-state index contributed by atoms with van der Waals surface area (Å²) in [5.41, 5.74) is 1.16. The van der Waals surface area contributed by atoms with Gasteiger partial charge in [0.2, 0.25) is 5.91 Å². The van der Waals surface area contributed by atoms with Crippen molar-refractivity contribution in [3.05, 3.63) is 48.0 Å². The average molecular weight is 347 g/mol. The van der Waals surface area contributed by atoms with Gasteiger partial charge in [-0.05, 0) is 60.2 Å². The summed E-state index contributed by atoms with van der Waals surface area (Å²) >= 11 is 0. The molecule has 2 N–H and O–H groups in total. The summed E-state index contributed by atoms with van der Waals surface area (Å²) in [7, 11) is 0. The van der Waals surface area contributed by atoms with Crippen LogP contribution in [0.1, 0.15) is 31.7 Å². The fourth-order valence-electron chi connectivity index (χ4n) is 3.45. The zero-order valence-corrected chi connectivity index (χ0v) is 15.1. The number of amides is 1. The molecule has 3 nitrogen and oxygen atoms in total. The first kappa shape index (κ1) is 18.8. The maximum atomic E-state index is 12.2. The molecule has 0 bridgehead atoms. The van der Waals surface area contributed by atoms with Crippen molar-refractivity contribution >= 4 is 29.1 Å². The summed E-state index contributed by atoms with van der Waals surface area (Å²) < 4.78 is 0. The van der Waals surface area contributed by atoms with Gasteiger partial charge in [-0.25, -0.2) is 0 Å². The van der Waals surface area contributed by atoms with Crippen molar-refractivity contribution < 1.29 is 4.79 Å². The highest BCUT2D eigenvalue weighted by Crippen LogP contribution is 2.22. The summed E-state index contributed by atoms with van der Waals surface area (Å²) in [6.45, 7) is 4.99. The highest BCUT2D eigenvalue weighted by atomic mass is 35.5. The van der Waals surface area contributed by atoms with Gasteiger partial charge in [0.25, 0.3) is 0 Å². The molecular weight excluding hydrogens is 320 g/mol. The normalized spacial score (nSPS) is 18.6. The quantitative estimate of drug-likeness (QED) is 0.862. The molecule has 3 rings (SSSR count). The van der Waals surface area contributed by atoms with Crippen LogP contribution >= 0.6 is 12.4 Å². The highest BCUT2D eigenvalue weighted by molar-refractivity contribution is 5.85. The minimum Gasteiger partial charge on any atom is -0.352 e. The SMILES string of the molecule is CC(CC(=O)NCc1ccc2ccccc2c1)C1CCCNC1.Cl. The van der Waals surface area contributed by atoms with Gasteiger partial charge >= 0.3 is 0 Å². The summed E-state index contributed by atoms with van der Waals surface area (Å²) in [6, 6.07) is 14.7. The summed E-state index contributed by atoms with van der Waals surface area (Å²) in [6.07, 6.45) is 3.10. The molecule has 1 saturated heterocycles. The number of piperidine rings is 1. The predicted molar refractivity (Wildman–Crippen MR) is 102 cm³/mol. The molecule has 1 amide bonds. The van der Waals surface area contributed by atoms with Gasteiger partial charge in [0, 0.05) is 13.0 Å². The van der Waals surface area contributed by atoms with Crippen LogP contribution in [-0.4, -0.2) is 19.0 Å². The topological polar surface area (TPSA) is 41.1 Å². The van der Waals surface area contributed by atoms with E-state index in [4.69, 9.17) is 0 Å². The maximum Gasteiger partial charge on any atom is 0.220 e. The number of carbonyl (C=O) groups is 1. The van der Waals surface area contributed by atoms with Crippen molar-refractivity contribution in [3.8, 4) is 0 Å². The second-order valence-corrected chi connectivity index (χ2v) is 6.75. The first-order valence-corrected chi connectivity index (χ1v) is 8.67. The second kappa shape index (κ2) is 9.05. The molecule has 2 atom stereocenters. The standard InChI is InChI=1S/C20H26N2O.ClH/c1-15(19-7-4-10-21-14-19)11-20(23)22-13-16-8-9-17-5-2-3-6-18(17)12-16;/h2-3,5-6,8-9,12,15,19,21H,4,7,10-11,13-14H2,1H3,(H,22,23);1H. The summed E-state index contributed by atoms with van der Waals surface area (Å²) in [4.78, 5) is 12.2. The minimum atomic E-state index is 0. The van der Waals surface area contributed by atoms with E-state index >= 15 is 0 Å². The van der Waals surface area contributed by atoms with Crippen molar-refractivity contribution in [2.75, 3.05) is 13.1 Å². The zero-order chi connectivity index (χ0) is 16.1. The average Bonchev–Trinajstić information content (AvgIpc) is 2.60. The van der Waals surface area contributed by atoms with Gasteiger partial charge in [0.1, 0.15) is 0 Å². The Morgan fingerprint density at radius 1 is 1.25 bits per heavy atom. The first-order chi connectivity index (χ1) is 11.2. The molecule has 0 aliphatic carbocycles. The van der Waals surface area contributed by atoms with Crippen LogP contribution in [0.3, 0.4) is 0 Å². The molecule has 130 valence electrons. The summed E-state index contributed by atoms with van der Waals surface area (Å²) in [5.74, 6) is 1.24. The molecule has 0 spiro atoms. The number of nitrogens with one attached hydrogen (secondary N) is 2. The lowest BCUT2D eigenvalue weighted by molar-refractivity contribution is -0.122. The van der Waals surface area contributed by atoms with E-state index in [2.05, 4.69) is 47.9 Å². The maximum absolute atomic E-state index is 12.2. The molecule has 1 aliphatic rings. The molecule has 4 heteroatoms. The minimum absolute atomic E-state index is 0. The Labute approximate surface area is 150 Å². The fourth-order valence-corrected chi connectivity index (χ4v) is 3.45. The number of hydrogen-bond donors (Lipinski definition) is 2. The lowest BCUT2D eigenvalue weighted by Gasteiger charge is -2.28. The Hall–Kier alpha value is -1.58. The van der Waals surface area contributed by atoms with E-state index in [1.807, 2.05) is 12.1 Å². The van der Waals surface area contributed by atoms with E-state index in [1.54, 1.807) is 0 Å². The molecule has 0 saturated carbocycles. The van der Waals surface area contributed by atoms with E-state index in [0.717, 1.165) is 18.7 Å². The number of fused-ring (bicyclic) bond motifs is 1. The van der Waals surface area contributed by atoms with Crippen LogP contribution in [0.5, 0.6) is 0 Å². The molecule has 2 aromatic carbocycles. The van der Waals surface area contributed by atoms with Crippen molar-refractivity contribution in [3.63, 3.8) is 0 Å². The van der Waals surface area contributed by atoms with Gasteiger partial charge in [-0.3, -0.25) is 4.79 Å². The molecule has 1 aliphatic heterocycles. The van der Waals surface area contributed by atoms with E-state index in [0.29, 0.717) is 24.8 Å². The molecule has 0 radical (unpaired) electrons. The lowest BCUT2D eigenvalue weighted by Crippen LogP contribution is -2.35. The Morgan fingerprint density at radius 3 is 2.79 bits per heavy atom. The third kappa shape index (κ3) is 4.96. The van der Waals surface area contributed by atoms with Crippen LogP contribution in [0.4, 0.5) is 0 Å². The second-order valence-electron chi connectivity index (χ2n) is 6.75. The van der Waals surface area contributed by atoms with Crippen molar-refractivity contribution in [1.82, 2.24) is 10.6 Å². The van der Waals surface area contributed by atoms with Crippen LogP contribution < -0.4 is 10.6 Å². The van der Waals surface area contributed by atoms with Gasteiger partial charge in [0.15, 0.2) is 0 Å². The largest absolute Gasteiger partial charge is 0.352 e. The molecule has 2 aromatic rings. The van der Waals surface area contributed by atoms with Crippen molar-refractivity contribution in [2.45, 2.75) is 32.7 Å². The van der Waals surface area contributed by atoms with Crippen LogP contribution in [0.2, 0.25) is 0 Å². The number of carbonyl (C=O) groups excluding carboxylic acids is 1. The Kier molecular flexibility index (Phi) is 7.07. The Morgan fingerprint density at radius 2 is 2.04 bits per heavy atom. The fraction of sp³-hybridized carbons (Fsp3) is 0.450. The monoisotopic (exact) mass is 346 g/mol.